The van der Waals surface area contributed by atoms with Gasteiger partial charge in [0, 0.05) is 30.2 Å². The van der Waals surface area contributed by atoms with E-state index in [1.54, 1.807) is 13.0 Å². The number of rotatable bonds is 4. The summed E-state index contributed by atoms with van der Waals surface area (Å²) in [6, 6.07) is 0.827. The van der Waals surface area contributed by atoms with Crippen LogP contribution in [0.2, 0.25) is 0 Å². The molecule has 1 atom stereocenters. The largest absolute Gasteiger partial charge is 0.480 e. The highest BCUT2D eigenvalue weighted by atomic mass is 16.4. The van der Waals surface area contributed by atoms with Gasteiger partial charge in [-0.25, -0.2) is 19.7 Å². The standard InChI is InChI=1S/C16H17N5O4/c1-9-10(8-12(22)21-7-2-4-11(21)16(24)25)15(23)20-14(19-9)13-17-5-3-6-18-13/h3,5-6,11H,2,4,7-8H2,1H3,(H,24,25)(H,19,20,23)/t11-/m0/s1. The summed E-state index contributed by atoms with van der Waals surface area (Å²) in [5.41, 5.74) is 0.167. The smallest absolute Gasteiger partial charge is 0.326 e. The van der Waals surface area contributed by atoms with Crippen molar-refractivity contribution in [2.45, 2.75) is 32.2 Å². The first kappa shape index (κ1) is 16.7. The highest BCUT2D eigenvalue weighted by Crippen LogP contribution is 2.19. The number of hydrogen-bond donors (Lipinski definition) is 2. The maximum absolute atomic E-state index is 12.4. The zero-order chi connectivity index (χ0) is 18.0. The molecule has 3 rings (SSSR count). The van der Waals surface area contributed by atoms with Gasteiger partial charge in [0.1, 0.15) is 6.04 Å². The van der Waals surface area contributed by atoms with Crippen LogP contribution in [0.3, 0.4) is 0 Å². The lowest BCUT2D eigenvalue weighted by molar-refractivity contribution is -0.148. The zero-order valence-corrected chi connectivity index (χ0v) is 13.6. The van der Waals surface area contributed by atoms with Crippen LogP contribution in [0.4, 0.5) is 0 Å². The van der Waals surface area contributed by atoms with Gasteiger partial charge in [-0.2, -0.15) is 0 Å². The van der Waals surface area contributed by atoms with E-state index in [0.717, 1.165) is 0 Å². The van der Waals surface area contributed by atoms with Crippen LogP contribution in [0.15, 0.2) is 23.3 Å². The molecule has 0 saturated carbocycles. The van der Waals surface area contributed by atoms with E-state index in [1.165, 1.54) is 17.3 Å². The molecule has 1 fully saturated rings. The highest BCUT2D eigenvalue weighted by molar-refractivity contribution is 5.85. The van der Waals surface area contributed by atoms with Crippen molar-refractivity contribution in [3.05, 3.63) is 40.1 Å². The second-order valence-corrected chi connectivity index (χ2v) is 5.81. The number of carboxylic acid groups (broad SMARTS) is 1. The van der Waals surface area contributed by atoms with E-state index in [-0.39, 0.29) is 29.5 Å². The fourth-order valence-electron chi connectivity index (χ4n) is 2.92. The SMILES string of the molecule is Cc1nc(-c2ncccn2)[nH]c(=O)c1CC(=O)N1CCC[C@H]1C(=O)O. The minimum atomic E-state index is -1.02. The van der Waals surface area contributed by atoms with Gasteiger partial charge in [-0.1, -0.05) is 0 Å². The third-order valence-corrected chi connectivity index (χ3v) is 4.19. The molecule has 9 heteroatoms. The predicted octanol–water partition coefficient (Wildman–Crippen LogP) is 0.153. The quantitative estimate of drug-likeness (QED) is 0.808. The number of aromatic amines is 1. The molecule has 2 aromatic rings. The number of carbonyl (C=O) groups excluding carboxylic acids is 1. The molecule has 2 aromatic heterocycles. The van der Waals surface area contributed by atoms with E-state index in [2.05, 4.69) is 19.9 Å². The Morgan fingerprint density at radius 2 is 2.08 bits per heavy atom. The van der Waals surface area contributed by atoms with Crippen molar-refractivity contribution in [2.75, 3.05) is 6.54 Å². The monoisotopic (exact) mass is 343 g/mol. The number of aromatic nitrogens is 4. The van der Waals surface area contributed by atoms with Crippen LogP contribution < -0.4 is 5.56 Å². The molecular weight excluding hydrogens is 326 g/mol. The number of carbonyl (C=O) groups is 2. The summed E-state index contributed by atoms with van der Waals surface area (Å²) in [5, 5.41) is 9.18. The minimum absolute atomic E-state index is 0.187. The van der Waals surface area contributed by atoms with Gasteiger partial charge >= 0.3 is 5.97 Å². The number of carboxylic acids is 1. The molecule has 130 valence electrons. The van der Waals surface area contributed by atoms with E-state index in [4.69, 9.17) is 0 Å². The van der Waals surface area contributed by atoms with E-state index in [1.807, 2.05) is 0 Å². The molecule has 1 aliphatic rings. The van der Waals surface area contributed by atoms with E-state index < -0.39 is 17.6 Å². The van der Waals surface area contributed by atoms with Crippen molar-refractivity contribution >= 4 is 11.9 Å². The summed E-state index contributed by atoms with van der Waals surface area (Å²) in [7, 11) is 0. The van der Waals surface area contributed by atoms with Crippen molar-refractivity contribution in [3.8, 4) is 11.6 Å². The molecule has 3 heterocycles. The summed E-state index contributed by atoms with van der Waals surface area (Å²) in [6.07, 6.45) is 3.95. The number of nitrogens with zero attached hydrogens (tertiary/aromatic N) is 4. The molecule has 1 aliphatic heterocycles. The summed E-state index contributed by atoms with van der Waals surface area (Å²) in [6.45, 7) is 2.01. The molecule has 0 bridgehead atoms. The minimum Gasteiger partial charge on any atom is -0.480 e. The van der Waals surface area contributed by atoms with Crippen LogP contribution in [-0.2, 0) is 16.0 Å². The molecule has 0 radical (unpaired) electrons. The number of H-pyrrole nitrogens is 1. The Bertz CT molecular complexity index is 865. The van der Waals surface area contributed by atoms with Gasteiger partial charge in [0.05, 0.1) is 6.42 Å². The topological polar surface area (TPSA) is 129 Å². The highest BCUT2D eigenvalue weighted by Gasteiger charge is 2.34. The van der Waals surface area contributed by atoms with Gasteiger partial charge < -0.3 is 15.0 Å². The van der Waals surface area contributed by atoms with E-state index in [9.17, 15) is 19.5 Å². The first-order valence-corrected chi connectivity index (χ1v) is 7.87. The Morgan fingerprint density at radius 1 is 1.36 bits per heavy atom. The van der Waals surface area contributed by atoms with E-state index >= 15 is 0 Å². The molecule has 1 saturated heterocycles. The van der Waals surface area contributed by atoms with Gasteiger partial charge in [0.2, 0.25) is 5.91 Å². The molecule has 0 spiro atoms. The molecule has 9 nitrogen and oxygen atoms in total. The molecule has 1 amide bonds. The van der Waals surface area contributed by atoms with Crippen molar-refractivity contribution in [1.82, 2.24) is 24.8 Å². The Morgan fingerprint density at radius 3 is 2.72 bits per heavy atom. The van der Waals surface area contributed by atoms with Crippen molar-refractivity contribution < 1.29 is 14.7 Å². The predicted molar refractivity (Wildman–Crippen MR) is 86.7 cm³/mol. The Kier molecular flexibility index (Phi) is 4.55. The second-order valence-electron chi connectivity index (χ2n) is 5.81. The summed E-state index contributed by atoms with van der Waals surface area (Å²) in [5.74, 6) is -0.898. The van der Waals surface area contributed by atoms with Gasteiger partial charge in [-0.15, -0.1) is 0 Å². The third-order valence-electron chi connectivity index (χ3n) is 4.19. The van der Waals surface area contributed by atoms with Gasteiger partial charge in [-0.3, -0.25) is 9.59 Å². The summed E-state index contributed by atoms with van der Waals surface area (Å²) >= 11 is 0. The number of hydrogen-bond acceptors (Lipinski definition) is 6. The second kappa shape index (κ2) is 6.80. The number of amides is 1. The lowest BCUT2D eigenvalue weighted by Gasteiger charge is -2.21. The van der Waals surface area contributed by atoms with Crippen LogP contribution in [-0.4, -0.2) is 54.4 Å². The molecule has 25 heavy (non-hydrogen) atoms. The molecule has 2 N–H and O–H groups in total. The number of nitrogens with one attached hydrogen (secondary N) is 1. The fraction of sp³-hybridized carbons (Fsp3) is 0.375. The van der Waals surface area contributed by atoms with Crippen LogP contribution in [0.1, 0.15) is 24.1 Å². The van der Waals surface area contributed by atoms with Crippen molar-refractivity contribution in [2.24, 2.45) is 0 Å². The number of aryl methyl sites for hydroxylation is 1. The van der Waals surface area contributed by atoms with Crippen molar-refractivity contribution in [1.29, 1.82) is 0 Å². The molecule has 0 unspecified atom stereocenters. The van der Waals surface area contributed by atoms with Crippen LogP contribution in [0, 0.1) is 6.92 Å². The lowest BCUT2D eigenvalue weighted by Crippen LogP contribution is -2.42. The van der Waals surface area contributed by atoms with Crippen LogP contribution in [0.25, 0.3) is 11.6 Å². The van der Waals surface area contributed by atoms with Gasteiger partial charge in [-0.05, 0) is 25.8 Å². The normalized spacial score (nSPS) is 16.8. The molecular formula is C16H17N5O4. The zero-order valence-electron chi connectivity index (χ0n) is 13.6. The molecule has 0 aliphatic carbocycles. The Balaban J connectivity index is 1.85. The maximum Gasteiger partial charge on any atom is 0.326 e. The first-order valence-electron chi connectivity index (χ1n) is 7.87. The lowest BCUT2D eigenvalue weighted by atomic mass is 10.1. The molecule has 0 aromatic carbocycles. The summed E-state index contributed by atoms with van der Waals surface area (Å²) in [4.78, 5) is 52.3. The Hall–Kier alpha value is -3.10. The third kappa shape index (κ3) is 3.39. The average Bonchev–Trinajstić information content (AvgIpc) is 3.08. The fourth-order valence-corrected chi connectivity index (χ4v) is 2.92. The first-order chi connectivity index (χ1) is 12.0. The van der Waals surface area contributed by atoms with Gasteiger partial charge in [0.15, 0.2) is 11.6 Å². The summed E-state index contributed by atoms with van der Waals surface area (Å²) < 4.78 is 0. The van der Waals surface area contributed by atoms with Crippen LogP contribution in [0.5, 0.6) is 0 Å². The number of likely N-dealkylation sites (tertiary alicyclic amines) is 1. The van der Waals surface area contributed by atoms with E-state index in [0.29, 0.717) is 25.1 Å². The van der Waals surface area contributed by atoms with Crippen molar-refractivity contribution in [3.63, 3.8) is 0 Å². The number of aliphatic carboxylic acids is 1. The maximum atomic E-state index is 12.4. The average molecular weight is 343 g/mol. The van der Waals surface area contributed by atoms with Crippen LogP contribution >= 0.6 is 0 Å². The Labute approximate surface area is 142 Å². The van der Waals surface area contributed by atoms with Gasteiger partial charge in [0.25, 0.3) is 5.56 Å².